The third kappa shape index (κ3) is 4.76. The molecule has 1 unspecified atom stereocenters. The summed E-state index contributed by atoms with van der Waals surface area (Å²) in [7, 11) is -4.62. The van der Waals surface area contributed by atoms with Crippen LogP contribution < -0.4 is 0 Å². The second-order valence-corrected chi connectivity index (χ2v) is 4.62. The Labute approximate surface area is 84.3 Å². The van der Waals surface area contributed by atoms with E-state index in [9.17, 15) is 26.0 Å². The van der Waals surface area contributed by atoms with Crippen LogP contribution in [0, 0.1) is 0 Å². The van der Waals surface area contributed by atoms with E-state index in [4.69, 9.17) is 0 Å². The summed E-state index contributed by atoms with van der Waals surface area (Å²) in [5.74, 6) is 0. The fourth-order valence-electron chi connectivity index (χ4n) is 0.610. The van der Waals surface area contributed by atoms with Crippen molar-refractivity contribution in [1.29, 1.82) is 0 Å². The molecule has 0 bridgehead atoms. The van der Waals surface area contributed by atoms with E-state index in [1.165, 1.54) is 0 Å². The molecule has 15 heavy (non-hydrogen) atoms. The van der Waals surface area contributed by atoms with Gasteiger partial charge in [0, 0.05) is 7.11 Å². The highest BCUT2D eigenvalue weighted by atomic mass is 32.2. The van der Waals surface area contributed by atoms with Gasteiger partial charge in [-0.15, -0.1) is 0 Å². The molecule has 0 fully saturated rings. The monoisotopic (exact) mass is 254 g/mol. The summed E-state index contributed by atoms with van der Waals surface area (Å²) in [6, 6.07) is 0. The number of hydrogen-bond donors (Lipinski definition) is 0. The highest BCUT2D eigenvalue weighted by Gasteiger charge is 2.48. The van der Waals surface area contributed by atoms with Gasteiger partial charge in [-0.2, -0.15) is 21.6 Å². The Kier molecular flexibility index (Phi) is 4.49. The van der Waals surface area contributed by atoms with Crippen LogP contribution in [0.15, 0.2) is 0 Å². The fourth-order valence-corrected chi connectivity index (χ4v) is 1.14. The van der Waals surface area contributed by atoms with Gasteiger partial charge in [0.15, 0.2) is 5.67 Å². The van der Waals surface area contributed by atoms with Crippen molar-refractivity contribution in [2.75, 3.05) is 20.3 Å². The summed E-state index contributed by atoms with van der Waals surface area (Å²) < 4.78 is 76.8. The van der Waals surface area contributed by atoms with Gasteiger partial charge in [-0.3, -0.25) is 4.18 Å². The second kappa shape index (κ2) is 4.62. The van der Waals surface area contributed by atoms with Crippen molar-refractivity contribution in [2.45, 2.75) is 18.1 Å². The van der Waals surface area contributed by atoms with Crippen LogP contribution >= 0.6 is 0 Å². The van der Waals surface area contributed by atoms with Crippen molar-refractivity contribution in [3.8, 4) is 0 Å². The van der Waals surface area contributed by atoms with Crippen LogP contribution in [0.25, 0.3) is 0 Å². The molecule has 0 aliphatic rings. The Balaban J connectivity index is 4.41. The molecule has 0 aromatic heterocycles. The first kappa shape index (κ1) is 14.6. The van der Waals surface area contributed by atoms with Crippen molar-refractivity contribution >= 4 is 10.1 Å². The number of hydrogen-bond acceptors (Lipinski definition) is 4. The van der Waals surface area contributed by atoms with E-state index in [0.717, 1.165) is 14.0 Å². The van der Waals surface area contributed by atoms with Crippen LogP contribution in [0.4, 0.5) is 17.6 Å². The molecule has 0 aliphatic heterocycles. The first-order valence-corrected chi connectivity index (χ1v) is 5.06. The van der Waals surface area contributed by atoms with E-state index >= 15 is 0 Å². The number of halogens is 4. The average Bonchev–Trinajstić information content (AvgIpc) is 1.99. The maximum atomic E-state index is 13.1. The summed E-state index contributed by atoms with van der Waals surface area (Å²) in [4.78, 5) is 0. The number of ether oxygens (including phenoxy) is 1. The van der Waals surface area contributed by atoms with Crippen molar-refractivity contribution < 1.29 is 34.9 Å². The third-order valence-corrected chi connectivity index (χ3v) is 2.24. The lowest BCUT2D eigenvalue weighted by molar-refractivity contribution is -0.0596. The van der Waals surface area contributed by atoms with E-state index in [1.807, 2.05) is 0 Å². The molecule has 0 N–H and O–H groups in total. The Morgan fingerprint density at radius 2 is 1.60 bits per heavy atom. The van der Waals surface area contributed by atoms with Crippen LogP contribution in [0.2, 0.25) is 0 Å². The molecule has 0 heterocycles. The molecule has 0 rings (SSSR count). The molecule has 9 heteroatoms. The smallest absolute Gasteiger partial charge is 0.381 e. The topological polar surface area (TPSA) is 52.6 Å². The summed E-state index contributed by atoms with van der Waals surface area (Å²) in [6.07, 6.45) is 0. The predicted octanol–water partition coefficient (Wildman–Crippen LogP) is 1.23. The van der Waals surface area contributed by atoms with E-state index < -0.39 is 34.5 Å². The van der Waals surface area contributed by atoms with Crippen LogP contribution in [-0.4, -0.2) is 39.9 Å². The largest absolute Gasteiger partial charge is 0.523 e. The van der Waals surface area contributed by atoms with Crippen molar-refractivity contribution in [3.63, 3.8) is 0 Å². The first-order valence-electron chi connectivity index (χ1n) is 3.65. The van der Waals surface area contributed by atoms with Crippen molar-refractivity contribution in [2.24, 2.45) is 0 Å². The van der Waals surface area contributed by atoms with Crippen LogP contribution in [0.5, 0.6) is 0 Å². The fraction of sp³-hybridized carbons (Fsp3) is 1.00. The molecule has 0 saturated heterocycles. The minimum absolute atomic E-state index is 0.569. The lowest BCUT2D eigenvalue weighted by Crippen LogP contribution is -2.35. The molecular weight excluding hydrogens is 244 g/mol. The first-order chi connectivity index (χ1) is 6.52. The minimum atomic E-state index is -5.74. The molecule has 0 aliphatic carbocycles. The molecule has 1 atom stereocenters. The molecule has 4 nitrogen and oxygen atoms in total. The molecular formula is C6H10F4O4S. The van der Waals surface area contributed by atoms with Crippen LogP contribution in [0.3, 0.4) is 0 Å². The Morgan fingerprint density at radius 3 is 1.93 bits per heavy atom. The van der Waals surface area contributed by atoms with E-state index in [1.54, 1.807) is 0 Å². The Morgan fingerprint density at radius 1 is 1.13 bits per heavy atom. The summed E-state index contributed by atoms with van der Waals surface area (Å²) >= 11 is 0. The third-order valence-electron chi connectivity index (χ3n) is 1.24. The number of rotatable bonds is 5. The minimum Gasteiger partial charge on any atom is -0.381 e. The Hall–Kier alpha value is -0.410. The molecule has 0 saturated carbocycles. The Bertz CT molecular complexity index is 295. The van der Waals surface area contributed by atoms with Crippen LogP contribution in [-0.2, 0) is 19.0 Å². The van der Waals surface area contributed by atoms with Crippen molar-refractivity contribution in [1.82, 2.24) is 0 Å². The maximum absolute atomic E-state index is 13.1. The highest BCUT2D eigenvalue weighted by molar-refractivity contribution is 7.87. The second-order valence-electron chi connectivity index (χ2n) is 3.01. The molecule has 0 aromatic carbocycles. The van der Waals surface area contributed by atoms with Gasteiger partial charge in [-0.1, -0.05) is 0 Å². The van der Waals surface area contributed by atoms with Gasteiger partial charge >= 0.3 is 15.6 Å². The SMILES string of the molecule is COCC(C)(F)COS(=O)(=O)C(F)(F)F. The zero-order valence-corrected chi connectivity index (χ0v) is 8.78. The lowest BCUT2D eigenvalue weighted by atomic mass is 10.2. The maximum Gasteiger partial charge on any atom is 0.523 e. The molecule has 0 radical (unpaired) electrons. The number of methoxy groups -OCH3 is 1. The van der Waals surface area contributed by atoms with Gasteiger partial charge in [-0.25, -0.2) is 4.39 Å². The zero-order chi connectivity index (χ0) is 12.3. The number of alkyl halides is 4. The molecule has 0 spiro atoms. The quantitative estimate of drug-likeness (QED) is 0.420. The average molecular weight is 254 g/mol. The van der Waals surface area contributed by atoms with E-state index in [-0.39, 0.29) is 0 Å². The van der Waals surface area contributed by atoms with Gasteiger partial charge in [0.05, 0.1) is 6.61 Å². The standard InChI is InChI=1S/C6H10F4O4S/c1-5(7,3-13-2)4-14-15(11,12)6(8,9)10/h3-4H2,1-2H3. The van der Waals surface area contributed by atoms with Gasteiger partial charge in [0.2, 0.25) is 0 Å². The summed E-state index contributed by atoms with van der Waals surface area (Å²) in [5.41, 5.74) is -7.84. The van der Waals surface area contributed by atoms with Crippen LogP contribution in [0.1, 0.15) is 6.92 Å². The van der Waals surface area contributed by atoms with Gasteiger partial charge in [-0.05, 0) is 6.92 Å². The van der Waals surface area contributed by atoms with E-state index in [0.29, 0.717) is 0 Å². The lowest BCUT2D eigenvalue weighted by Gasteiger charge is -2.19. The summed E-state index contributed by atoms with van der Waals surface area (Å²) in [6.45, 7) is -0.953. The summed E-state index contributed by atoms with van der Waals surface area (Å²) in [5, 5.41) is 0. The normalized spacial score (nSPS) is 17.5. The van der Waals surface area contributed by atoms with Gasteiger partial charge in [0.1, 0.15) is 6.61 Å². The molecule has 0 amide bonds. The zero-order valence-electron chi connectivity index (χ0n) is 7.97. The van der Waals surface area contributed by atoms with E-state index in [2.05, 4.69) is 8.92 Å². The van der Waals surface area contributed by atoms with Gasteiger partial charge in [0.25, 0.3) is 0 Å². The van der Waals surface area contributed by atoms with Crippen molar-refractivity contribution in [3.05, 3.63) is 0 Å². The molecule has 0 aromatic rings. The predicted molar refractivity (Wildman–Crippen MR) is 42.3 cm³/mol. The van der Waals surface area contributed by atoms with Gasteiger partial charge < -0.3 is 4.74 Å². The molecule has 92 valence electrons. The highest BCUT2D eigenvalue weighted by Crippen LogP contribution is 2.26.